The number of imidazole rings is 1. The molecule has 0 saturated heterocycles. The van der Waals surface area contributed by atoms with Crippen molar-refractivity contribution in [1.82, 2.24) is 20.2 Å². The lowest BCUT2D eigenvalue weighted by molar-refractivity contribution is -0.123. The Morgan fingerprint density at radius 3 is 2.72 bits per heavy atom. The van der Waals surface area contributed by atoms with Crippen molar-refractivity contribution in [2.75, 3.05) is 0 Å². The van der Waals surface area contributed by atoms with E-state index < -0.39 is 6.04 Å². The van der Waals surface area contributed by atoms with Gasteiger partial charge in [0.1, 0.15) is 17.7 Å². The minimum Gasteiger partial charge on any atom is -0.352 e. The van der Waals surface area contributed by atoms with Crippen molar-refractivity contribution in [2.24, 2.45) is 0 Å². The van der Waals surface area contributed by atoms with Gasteiger partial charge >= 0.3 is 0 Å². The molecule has 1 saturated carbocycles. The van der Waals surface area contributed by atoms with Crippen LogP contribution in [-0.2, 0) is 17.8 Å². The fourth-order valence-corrected chi connectivity index (χ4v) is 3.45. The molecule has 2 atom stereocenters. The highest BCUT2D eigenvalue weighted by Gasteiger charge is 2.31. The van der Waals surface area contributed by atoms with E-state index in [1.54, 1.807) is 12.1 Å². The zero-order valence-electron chi connectivity index (χ0n) is 14.3. The number of nitrogens with zero attached hydrogens (tertiary/aromatic N) is 2. The van der Waals surface area contributed by atoms with Crippen molar-refractivity contribution >= 4 is 5.91 Å². The number of carbonyl (C=O) groups is 1. The minimum absolute atomic E-state index is 0.0262. The predicted molar refractivity (Wildman–Crippen MR) is 92.5 cm³/mol. The summed E-state index contributed by atoms with van der Waals surface area (Å²) < 4.78 is 15.4. The Kier molecular flexibility index (Phi) is 4.29. The van der Waals surface area contributed by atoms with Crippen LogP contribution in [0.15, 0.2) is 30.5 Å². The first-order chi connectivity index (χ1) is 12.1. The topological polar surface area (TPSA) is 59.0 Å². The van der Waals surface area contributed by atoms with Crippen LogP contribution in [0, 0.1) is 12.7 Å². The summed E-state index contributed by atoms with van der Waals surface area (Å²) in [6.07, 6.45) is 5.98. The van der Waals surface area contributed by atoms with Crippen LogP contribution in [0.3, 0.4) is 0 Å². The zero-order valence-corrected chi connectivity index (χ0v) is 14.3. The first-order valence-electron chi connectivity index (χ1n) is 8.93. The van der Waals surface area contributed by atoms with E-state index in [1.165, 1.54) is 12.1 Å². The summed E-state index contributed by atoms with van der Waals surface area (Å²) in [7, 11) is 0. The van der Waals surface area contributed by atoms with Crippen LogP contribution in [0.1, 0.15) is 42.4 Å². The van der Waals surface area contributed by atoms with E-state index in [9.17, 15) is 9.18 Å². The molecular weight excluding hydrogens is 319 g/mol. The summed E-state index contributed by atoms with van der Waals surface area (Å²) in [5.41, 5.74) is 1.82. The van der Waals surface area contributed by atoms with Crippen LogP contribution in [0.25, 0.3) is 0 Å². The summed E-state index contributed by atoms with van der Waals surface area (Å²) >= 11 is 0. The fourth-order valence-electron chi connectivity index (χ4n) is 3.45. The molecule has 1 aromatic heterocycles. The maximum absolute atomic E-state index is 13.3. The minimum atomic E-state index is -0.461. The second-order valence-corrected chi connectivity index (χ2v) is 7.12. The Balaban J connectivity index is 1.51. The SMILES string of the molecule is Cc1cn2c(n1)CC[C@H](N[C@H](C(=O)NC1CC1)c1ccc(F)cc1)C2. The average molecular weight is 342 g/mol. The van der Waals surface area contributed by atoms with Gasteiger partial charge in [-0.1, -0.05) is 12.1 Å². The second kappa shape index (κ2) is 6.59. The monoisotopic (exact) mass is 342 g/mol. The van der Waals surface area contributed by atoms with Crippen molar-refractivity contribution in [1.29, 1.82) is 0 Å². The number of nitrogens with one attached hydrogen (secondary N) is 2. The quantitative estimate of drug-likeness (QED) is 0.876. The van der Waals surface area contributed by atoms with E-state index in [4.69, 9.17) is 0 Å². The summed E-state index contributed by atoms with van der Waals surface area (Å²) in [6.45, 7) is 2.79. The summed E-state index contributed by atoms with van der Waals surface area (Å²) in [6, 6.07) is 6.22. The van der Waals surface area contributed by atoms with Crippen molar-refractivity contribution in [3.63, 3.8) is 0 Å². The molecule has 1 aliphatic carbocycles. The number of halogens is 1. The maximum atomic E-state index is 13.3. The van der Waals surface area contributed by atoms with Crippen molar-refractivity contribution in [3.05, 3.63) is 53.4 Å². The van der Waals surface area contributed by atoms with Gasteiger partial charge in [-0.15, -0.1) is 0 Å². The molecule has 2 aromatic rings. The normalized spacial score (nSPS) is 20.8. The molecule has 1 aromatic carbocycles. The third-order valence-corrected chi connectivity index (χ3v) is 4.90. The van der Waals surface area contributed by atoms with Gasteiger partial charge in [-0.2, -0.15) is 0 Å². The number of hydrogen-bond acceptors (Lipinski definition) is 3. The molecule has 25 heavy (non-hydrogen) atoms. The van der Waals surface area contributed by atoms with E-state index in [-0.39, 0.29) is 17.8 Å². The van der Waals surface area contributed by atoms with E-state index in [0.717, 1.165) is 49.3 Å². The molecular formula is C19H23FN4O. The lowest BCUT2D eigenvalue weighted by atomic mass is 10.0. The van der Waals surface area contributed by atoms with Gasteiger partial charge in [0, 0.05) is 31.2 Å². The first-order valence-corrected chi connectivity index (χ1v) is 8.93. The molecule has 132 valence electrons. The van der Waals surface area contributed by atoms with Gasteiger partial charge in [0.05, 0.1) is 5.69 Å². The Morgan fingerprint density at radius 1 is 1.24 bits per heavy atom. The van der Waals surface area contributed by atoms with Crippen LogP contribution in [0.4, 0.5) is 4.39 Å². The third kappa shape index (κ3) is 3.74. The molecule has 6 heteroatoms. The Bertz CT molecular complexity index is 766. The van der Waals surface area contributed by atoms with Crippen LogP contribution in [-0.4, -0.2) is 27.5 Å². The highest BCUT2D eigenvalue weighted by atomic mass is 19.1. The summed E-state index contributed by atoms with van der Waals surface area (Å²) in [5.74, 6) is 0.791. The number of aryl methyl sites for hydroxylation is 2. The fraction of sp³-hybridized carbons (Fsp3) is 0.474. The number of aromatic nitrogens is 2. The van der Waals surface area contributed by atoms with E-state index in [0.29, 0.717) is 6.04 Å². The van der Waals surface area contributed by atoms with Gasteiger partial charge in [0.15, 0.2) is 0 Å². The highest BCUT2D eigenvalue weighted by molar-refractivity contribution is 5.83. The number of hydrogen-bond donors (Lipinski definition) is 2. The Labute approximate surface area is 146 Å². The van der Waals surface area contributed by atoms with Crippen molar-refractivity contribution in [2.45, 2.75) is 57.3 Å². The number of benzene rings is 1. The largest absolute Gasteiger partial charge is 0.352 e. The summed E-state index contributed by atoms with van der Waals surface area (Å²) in [4.78, 5) is 17.2. The molecule has 0 bridgehead atoms. The van der Waals surface area contributed by atoms with Gasteiger partial charge in [0.2, 0.25) is 5.91 Å². The molecule has 0 unspecified atom stereocenters. The van der Waals surface area contributed by atoms with Gasteiger partial charge in [-0.25, -0.2) is 9.37 Å². The van der Waals surface area contributed by atoms with E-state index in [2.05, 4.69) is 26.4 Å². The molecule has 4 rings (SSSR count). The molecule has 2 aliphatic rings. The van der Waals surface area contributed by atoms with Crippen LogP contribution < -0.4 is 10.6 Å². The van der Waals surface area contributed by atoms with Crippen LogP contribution in [0.2, 0.25) is 0 Å². The molecule has 2 heterocycles. The van der Waals surface area contributed by atoms with Crippen LogP contribution in [0.5, 0.6) is 0 Å². The van der Waals surface area contributed by atoms with Gasteiger partial charge in [0.25, 0.3) is 0 Å². The van der Waals surface area contributed by atoms with Gasteiger partial charge in [-0.05, 0) is 43.9 Å². The summed E-state index contributed by atoms with van der Waals surface area (Å²) in [5, 5.41) is 6.56. The van der Waals surface area contributed by atoms with Crippen LogP contribution >= 0.6 is 0 Å². The maximum Gasteiger partial charge on any atom is 0.241 e. The van der Waals surface area contributed by atoms with E-state index in [1.807, 2.05) is 6.92 Å². The Hall–Kier alpha value is -2.21. The number of fused-ring (bicyclic) bond motifs is 1. The molecule has 1 aliphatic heterocycles. The number of carbonyl (C=O) groups excluding carboxylic acids is 1. The molecule has 2 N–H and O–H groups in total. The van der Waals surface area contributed by atoms with E-state index >= 15 is 0 Å². The lowest BCUT2D eigenvalue weighted by Crippen LogP contribution is -2.46. The lowest BCUT2D eigenvalue weighted by Gasteiger charge is -2.29. The van der Waals surface area contributed by atoms with Gasteiger partial charge < -0.3 is 9.88 Å². The van der Waals surface area contributed by atoms with Crippen molar-refractivity contribution < 1.29 is 9.18 Å². The predicted octanol–water partition coefficient (Wildman–Crippen LogP) is 2.25. The smallest absolute Gasteiger partial charge is 0.241 e. The number of rotatable bonds is 5. The molecule has 1 fully saturated rings. The standard InChI is InChI=1S/C19H23FN4O/c1-12-10-24-11-16(8-9-17(24)21-12)22-18(19(25)23-15-6-7-15)13-2-4-14(20)5-3-13/h2-5,10,15-16,18,22H,6-9,11H2,1H3,(H,23,25)/t16-,18-/m0/s1. The van der Waals surface area contributed by atoms with Crippen molar-refractivity contribution in [3.8, 4) is 0 Å². The Morgan fingerprint density at radius 2 is 2.00 bits per heavy atom. The average Bonchev–Trinajstić information content (AvgIpc) is 3.32. The molecule has 5 nitrogen and oxygen atoms in total. The van der Waals surface area contributed by atoms with Gasteiger partial charge in [-0.3, -0.25) is 10.1 Å². The highest BCUT2D eigenvalue weighted by Crippen LogP contribution is 2.23. The molecule has 0 radical (unpaired) electrons. The number of amides is 1. The zero-order chi connectivity index (χ0) is 17.4. The first kappa shape index (κ1) is 16.3. The molecule has 0 spiro atoms. The second-order valence-electron chi connectivity index (χ2n) is 7.12. The third-order valence-electron chi connectivity index (χ3n) is 4.90. The molecule has 1 amide bonds.